The lowest BCUT2D eigenvalue weighted by molar-refractivity contribution is 0.203. The monoisotopic (exact) mass is 191 g/mol. The fraction of sp³-hybridized carbons (Fsp3) is 0.333. The van der Waals surface area contributed by atoms with E-state index in [1.54, 1.807) is 7.11 Å². The molecule has 0 saturated heterocycles. The van der Waals surface area contributed by atoms with Crippen LogP contribution in [0.2, 0.25) is 0 Å². The predicted molar refractivity (Wildman–Crippen MR) is 60.1 cm³/mol. The second-order valence-corrected chi connectivity index (χ2v) is 3.19. The van der Waals surface area contributed by atoms with Crippen molar-refractivity contribution in [1.29, 1.82) is 0 Å². The number of ether oxygens (including phenoxy) is 1. The molecule has 0 radical (unpaired) electrons. The normalized spacial score (nSPS) is 10.7. The van der Waals surface area contributed by atoms with Crippen molar-refractivity contribution in [2.45, 2.75) is 6.92 Å². The molecule has 0 aliphatic heterocycles. The smallest absolute Gasteiger partial charge is 0.0635 e. The van der Waals surface area contributed by atoms with Crippen molar-refractivity contribution in [3.63, 3.8) is 0 Å². The first-order chi connectivity index (χ1) is 6.83. The average Bonchev–Trinajstić information content (AvgIpc) is 2.21. The summed E-state index contributed by atoms with van der Waals surface area (Å²) in [4.78, 5) is 0. The maximum Gasteiger partial charge on any atom is 0.0635 e. The van der Waals surface area contributed by atoms with Crippen molar-refractivity contribution in [2.75, 3.05) is 20.3 Å². The lowest BCUT2D eigenvalue weighted by Gasteiger charge is -1.98. The van der Waals surface area contributed by atoms with Crippen LogP contribution in [-0.4, -0.2) is 20.3 Å². The molecular formula is C12H17NO. The van der Waals surface area contributed by atoms with Gasteiger partial charge in [0.05, 0.1) is 6.61 Å². The van der Waals surface area contributed by atoms with Crippen LogP contribution in [0.25, 0.3) is 6.08 Å². The first-order valence-electron chi connectivity index (χ1n) is 4.78. The second-order valence-electron chi connectivity index (χ2n) is 3.19. The number of hydrogen-bond donors (Lipinski definition) is 1. The van der Waals surface area contributed by atoms with Crippen LogP contribution in [0.1, 0.15) is 11.1 Å². The highest BCUT2D eigenvalue weighted by molar-refractivity contribution is 5.49. The van der Waals surface area contributed by atoms with E-state index < -0.39 is 0 Å². The Morgan fingerprint density at radius 3 is 2.64 bits per heavy atom. The highest BCUT2D eigenvalue weighted by atomic mass is 16.5. The van der Waals surface area contributed by atoms with Gasteiger partial charge in [0.15, 0.2) is 0 Å². The van der Waals surface area contributed by atoms with Gasteiger partial charge in [0.1, 0.15) is 0 Å². The van der Waals surface area contributed by atoms with Gasteiger partial charge in [0.25, 0.3) is 0 Å². The van der Waals surface area contributed by atoms with Gasteiger partial charge >= 0.3 is 0 Å². The zero-order valence-electron chi connectivity index (χ0n) is 8.79. The van der Waals surface area contributed by atoms with E-state index in [0.717, 1.165) is 13.2 Å². The van der Waals surface area contributed by atoms with Crippen molar-refractivity contribution in [3.05, 3.63) is 41.6 Å². The molecule has 0 aliphatic rings. The van der Waals surface area contributed by atoms with Crippen molar-refractivity contribution in [3.8, 4) is 0 Å². The Balaban J connectivity index is 2.33. The molecule has 1 N–H and O–H groups in total. The summed E-state index contributed by atoms with van der Waals surface area (Å²) in [6.07, 6.45) is 4.00. The Kier molecular flexibility index (Phi) is 4.79. The maximum atomic E-state index is 4.91. The fourth-order valence-corrected chi connectivity index (χ4v) is 1.08. The summed E-state index contributed by atoms with van der Waals surface area (Å²) in [5, 5.41) is 3.14. The van der Waals surface area contributed by atoms with Crippen molar-refractivity contribution < 1.29 is 4.74 Å². The van der Waals surface area contributed by atoms with Gasteiger partial charge in [-0.1, -0.05) is 29.8 Å². The number of hydrogen-bond acceptors (Lipinski definition) is 2. The van der Waals surface area contributed by atoms with E-state index in [1.165, 1.54) is 11.1 Å². The molecule has 14 heavy (non-hydrogen) atoms. The van der Waals surface area contributed by atoms with E-state index in [0.29, 0.717) is 0 Å². The second kappa shape index (κ2) is 6.22. The maximum absolute atomic E-state index is 4.91. The van der Waals surface area contributed by atoms with Gasteiger partial charge in [-0.2, -0.15) is 0 Å². The molecule has 2 nitrogen and oxygen atoms in total. The zero-order valence-corrected chi connectivity index (χ0v) is 8.79. The molecule has 0 aromatic heterocycles. The molecule has 1 aromatic rings. The van der Waals surface area contributed by atoms with Gasteiger partial charge in [-0.25, -0.2) is 0 Å². The number of aryl methyl sites for hydroxylation is 1. The van der Waals surface area contributed by atoms with E-state index >= 15 is 0 Å². The minimum Gasteiger partial charge on any atom is -0.389 e. The number of nitrogens with one attached hydrogen (secondary N) is 1. The Morgan fingerprint density at radius 2 is 2.00 bits per heavy atom. The van der Waals surface area contributed by atoms with Crippen molar-refractivity contribution >= 4 is 6.08 Å². The summed E-state index contributed by atoms with van der Waals surface area (Å²) in [6.45, 7) is 3.67. The quantitative estimate of drug-likeness (QED) is 0.720. The highest BCUT2D eigenvalue weighted by Crippen LogP contribution is 2.03. The SMILES string of the molecule is COCCNC=Cc1ccc(C)cc1. The third-order valence-corrected chi connectivity index (χ3v) is 1.92. The largest absolute Gasteiger partial charge is 0.389 e. The topological polar surface area (TPSA) is 21.3 Å². The van der Waals surface area contributed by atoms with E-state index in [4.69, 9.17) is 4.74 Å². The van der Waals surface area contributed by atoms with Crippen LogP contribution in [0.4, 0.5) is 0 Å². The first-order valence-corrected chi connectivity index (χ1v) is 4.78. The van der Waals surface area contributed by atoms with Gasteiger partial charge in [-0.3, -0.25) is 0 Å². The third kappa shape index (κ3) is 4.10. The molecule has 0 amide bonds. The predicted octanol–water partition coefficient (Wildman–Crippen LogP) is 2.20. The number of benzene rings is 1. The van der Waals surface area contributed by atoms with E-state index in [-0.39, 0.29) is 0 Å². The van der Waals surface area contributed by atoms with Crippen LogP contribution < -0.4 is 5.32 Å². The van der Waals surface area contributed by atoms with Crippen LogP contribution in [0, 0.1) is 6.92 Å². The fourth-order valence-electron chi connectivity index (χ4n) is 1.08. The molecule has 0 fully saturated rings. The number of methoxy groups -OCH3 is 1. The molecule has 0 unspecified atom stereocenters. The summed E-state index contributed by atoms with van der Waals surface area (Å²) in [7, 11) is 1.70. The van der Waals surface area contributed by atoms with Crippen molar-refractivity contribution in [1.82, 2.24) is 5.32 Å². The van der Waals surface area contributed by atoms with E-state index in [2.05, 4.69) is 42.6 Å². The molecule has 0 spiro atoms. The van der Waals surface area contributed by atoms with Crippen LogP contribution in [0.15, 0.2) is 30.5 Å². The highest BCUT2D eigenvalue weighted by Gasteiger charge is 1.85. The standard InChI is InChI=1S/C12H17NO/c1-11-3-5-12(6-4-11)7-8-13-9-10-14-2/h3-8,13H,9-10H2,1-2H3. The van der Waals surface area contributed by atoms with E-state index in [1.807, 2.05) is 6.20 Å². The molecule has 0 aliphatic carbocycles. The van der Waals surface area contributed by atoms with Crippen LogP contribution >= 0.6 is 0 Å². The van der Waals surface area contributed by atoms with E-state index in [9.17, 15) is 0 Å². The van der Waals surface area contributed by atoms with Gasteiger partial charge in [0.2, 0.25) is 0 Å². The minimum absolute atomic E-state index is 0.734. The summed E-state index contributed by atoms with van der Waals surface area (Å²) in [6, 6.07) is 8.41. The van der Waals surface area contributed by atoms with Crippen molar-refractivity contribution in [2.24, 2.45) is 0 Å². The summed E-state index contributed by atoms with van der Waals surface area (Å²) < 4.78 is 4.91. The Bertz CT molecular complexity index is 277. The Morgan fingerprint density at radius 1 is 1.29 bits per heavy atom. The number of rotatable bonds is 5. The van der Waals surface area contributed by atoms with Crippen LogP contribution in [0.3, 0.4) is 0 Å². The van der Waals surface area contributed by atoms with Gasteiger partial charge in [0, 0.05) is 13.7 Å². The molecule has 0 saturated carbocycles. The first kappa shape index (κ1) is 10.8. The molecule has 76 valence electrons. The molecular weight excluding hydrogens is 174 g/mol. The summed E-state index contributed by atoms with van der Waals surface area (Å²) in [5.41, 5.74) is 2.50. The van der Waals surface area contributed by atoms with Gasteiger partial charge in [-0.05, 0) is 24.8 Å². The third-order valence-electron chi connectivity index (χ3n) is 1.92. The van der Waals surface area contributed by atoms with Crippen LogP contribution in [0.5, 0.6) is 0 Å². The Hall–Kier alpha value is -1.28. The van der Waals surface area contributed by atoms with Gasteiger partial charge in [-0.15, -0.1) is 0 Å². The zero-order chi connectivity index (χ0) is 10.2. The lowest BCUT2D eigenvalue weighted by Crippen LogP contribution is -2.11. The minimum atomic E-state index is 0.734. The molecule has 1 rings (SSSR count). The summed E-state index contributed by atoms with van der Waals surface area (Å²) in [5.74, 6) is 0. The lowest BCUT2D eigenvalue weighted by atomic mass is 10.1. The molecule has 0 bridgehead atoms. The van der Waals surface area contributed by atoms with Gasteiger partial charge < -0.3 is 10.1 Å². The average molecular weight is 191 g/mol. The molecule has 0 atom stereocenters. The van der Waals surface area contributed by atoms with Crippen LogP contribution in [-0.2, 0) is 4.74 Å². The Labute approximate surface area is 85.6 Å². The molecule has 0 heterocycles. The molecule has 2 heteroatoms. The molecule has 1 aromatic carbocycles. The summed E-state index contributed by atoms with van der Waals surface area (Å²) >= 11 is 0.